The Hall–Kier alpha value is -5.14. The predicted molar refractivity (Wildman–Crippen MR) is 164 cm³/mol. The summed E-state index contributed by atoms with van der Waals surface area (Å²) in [5.41, 5.74) is 6.97. The van der Waals surface area contributed by atoms with Gasteiger partial charge in [-0.2, -0.15) is 10.5 Å². The van der Waals surface area contributed by atoms with E-state index in [4.69, 9.17) is 35.2 Å². The topological polar surface area (TPSA) is 181 Å². The lowest BCUT2D eigenvalue weighted by atomic mass is 10.2. The summed E-state index contributed by atoms with van der Waals surface area (Å²) in [5.74, 6) is 0.242. The molecule has 0 spiro atoms. The standard InChI is InChI=1S/C15H18N4O3.C15H18N2O3S/c1-3-22-15(20)13(8-16)14(19-10-17)18-9-11-4-6-12(21-2)7-5-11;1-4-20-15(18)13(9-16)14(21-3)17-10-11-5-7-12(19-2)8-6-11/h4-7,10,18H,3,9H2,1-2H3,(H2,17,19);5-8,17H,4,10H2,1-3H3/b;14-13+. The third-order valence-electron chi connectivity index (χ3n) is 5.29. The van der Waals surface area contributed by atoms with Gasteiger partial charge in [-0.1, -0.05) is 24.3 Å². The number of benzene rings is 2. The number of rotatable bonds is 14. The van der Waals surface area contributed by atoms with Gasteiger partial charge in [-0.15, -0.1) is 11.8 Å². The zero-order valence-electron chi connectivity index (χ0n) is 24.8. The van der Waals surface area contributed by atoms with Gasteiger partial charge in [0.2, 0.25) is 0 Å². The minimum absolute atomic E-state index is 0.00198. The van der Waals surface area contributed by atoms with E-state index in [-0.39, 0.29) is 30.2 Å². The number of ether oxygens (including phenoxy) is 4. The molecule has 228 valence electrons. The van der Waals surface area contributed by atoms with Crippen LogP contribution in [0.4, 0.5) is 0 Å². The molecule has 2 rings (SSSR count). The van der Waals surface area contributed by atoms with Gasteiger partial charge in [0.25, 0.3) is 0 Å². The summed E-state index contributed by atoms with van der Waals surface area (Å²) < 4.78 is 19.8. The molecule has 0 saturated heterocycles. The third-order valence-corrected chi connectivity index (χ3v) is 6.04. The monoisotopic (exact) mass is 608 g/mol. The number of methoxy groups -OCH3 is 2. The highest BCUT2D eigenvalue weighted by Crippen LogP contribution is 2.17. The van der Waals surface area contributed by atoms with Crippen molar-refractivity contribution in [2.24, 2.45) is 10.7 Å². The van der Waals surface area contributed by atoms with Crippen LogP contribution in [0.2, 0.25) is 0 Å². The number of carbonyl (C=O) groups excluding carboxylic acids is 2. The van der Waals surface area contributed by atoms with E-state index in [1.165, 1.54) is 11.8 Å². The molecule has 0 aromatic heterocycles. The van der Waals surface area contributed by atoms with Crippen LogP contribution < -0.4 is 25.8 Å². The molecule has 2 aromatic rings. The van der Waals surface area contributed by atoms with Crippen molar-refractivity contribution in [3.05, 3.63) is 81.7 Å². The van der Waals surface area contributed by atoms with E-state index >= 15 is 0 Å². The molecule has 0 aliphatic carbocycles. The summed E-state index contributed by atoms with van der Waals surface area (Å²) in [5, 5.41) is 24.7. The van der Waals surface area contributed by atoms with Gasteiger partial charge in [-0.3, -0.25) is 0 Å². The lowest BCUT2D eigenvalue weighted by molar-refractivity contribution is -0.139. The van der Waals surface area contributed by atoms with Crippen LogP contribution in [-0.4, -0.2) is 52.0 Å². The summed E-state index contributed by atoms with van der Waals surface area (Å²) in [6.45, 7) is 4.64. The van der Waals surface area contributed by atoms with Gasteiger partial charge >= 0.3 is 11.9 Å². The molecular formula is C30H36N6O6S. The number of carbonyl (C=O) groups is 2. The molecule has 43 heavy (non-hydrogen) atoms. The first-order valence-electron chi connectivity index (χ1n) is 13.0. The first kappa shape index (κ1) is 35.9. The minimum atomic E-state index is -0.743. The maximum absolute atomic E-state index is 11.7. The quantitative estimate of drug-likeness (QED) is 0.0935. The van der Waals surface area contributed by atoms with Crippen LogP contribution in [0.15, 0.2) is 75.5 Å². The van der Waals surface area contributed by atoms with Gasteiger partial charge in [0, 0.05) is 13.1 Å². The zero-order chi connectivity index (χ0) is 32.0. The van der Waals surface area contributed by atoms with Crippen molar-refractivity contribution in [2.75, 3.05) is 33.7 Å². The average molecular weight is 609 g/mol. The summed E-state index contributed by atoms with van der Waals surface area (Å²) in [4.78, 5) is 27.2. The van der Waals surface area contributed by atoms with Crippen molar-refractivity contribution in [3.8, 4) is 23.6 Å². The molecule has 0 aliphatic heterocycles. The highest BCUT2D eigenvalue weighted by molar-refractivity contribution is 8.02. The smallest absolute Gasteiger partial charge is 0.352 e. The zero-order valence-corrected chi connectivity index (χ0v) is 25.6. The molecule has 0 heterocycles. The lowest BCUT2D eigenvalue weighted by Gasteiger charge is -2.11. The molecule has 0 unspecified atom stereocenters. The van der Waals surface area contributed by atoms with Crippen molar-refractivity contribution in [2.45, 2.75) is 26.9 Å². The Kier molecular flexibility index (Phi) is 17.3. The van der Waals surface area contributed by atoms with Crippen molar-refractivity contribution in [3.63, 3.8) is 0 Å². The number of nitriles is 2. The van der Waals surface area contributed by atoms with Crippen molar-refractivity contribution in [1.82, 2.24) is 10.6 Å². The first-order valence-corrected chi connectivity index (χ1v) is 14.2. The molecule has 12 nitrogen and oxygen atoms in total. The Morgan fingerprint density at radius 2 is 1.28 bits per heavy atom. The predicted octanol–water partition coefficient (Wildman–Crippen LogP) is 3.52. The second-order valence-corrected chi connectivity index (χ2v) is 8.79. The van der Waals surface area contributed by atoms with E-state index < -0.39 is 11.9 Å². The normalized spacial score (nSPS) is 11.3. The van der Waals surface area contributed by atoms with Gasteiger partial charge in [-0.05, 0) is 55.5 Å². The lowest BCUT2D eigenvalue weighted by Crippen LogP contribution is -2.19. The SMILES string of the molecule is CCOC(=O)/C(C#N)=C(\NCc1ccc(OC)cc1)SC.CCOC(=O)C(C#N)=C(N=CN)NCc1ccc(OC)cc1. The molecule has 0 bridgehead atoms. The van der Waals surface area contributed by atoms with Crippen molar-refractivity contribution < 1.29 is 28.5 Å². The second kappa shape index (κ2) is 20.7. The Morgan fingerprint density at radius 1 is 0.837 bits per heavy atom. The molecular weight excluding hydrogens is 572 g/mol. The van der Waals surface area contributed by atoms with Gasteiger partial charge in [0.1, 0.15) is 23.6 Å². The fourth-order valence-corrected chi connectivity index (χ4v) is 3.73. The van der Waals surface area contributed by atoms with Crippen LogP contribution in [0.5, 0.6) is 11.5 Å². The number of aliphatic imine (C=N–C) groups is 1. The number of nitrogens with two attached hydrogens (primary N) is 1. The van der Waals surface area contributed by atoms with Crippen LogP contribution in [0.25, 0.3) is 0 Å². The fraction of sp³-hybridized carbons (Fsp3) is 0.300. The molecule has 0 amide bonds. The fourth-order valence-electron chi connectivity index (χ4n) is 3.18. The Labute approximate surface area is 256 Å². The Bertz CT molecular complexity index is 1360. The number of esters is 2. The van der Waals surface area contributed by atoms with E-state index in [2.05, 4.69) is 15.6 Å². The van der Waals surface area contributed by atoms with Crippen LogP contribution in [0.1, 0.15) is 25.0 Å². The first-order chi connectivity index (χ1) is 20.8. The van der Waals surface area contributed by atoms with E-state index in [0.29, 0.717) is 18.1 Å². The summed E-state index contributed by atoms with van der Waals surface area (Å²) in [7, 11) is 3.20. The number of nitrogens with zero attached hydrogens (tertiary/aromatic N) is 3. The Morgan fingerprint density at radius 3 is 1.65 bits per heavy atom. The van der Waals surface area contributed by atoms with Crippen LogP contribution >= 0.6 is 11.8 Å². The van der Waals surface area contributed by atoms with Crippen LogP contribution in [0, 0.1) is 22.7 Å². The largest absolute Gasteiger partial charge is 0.497 e. The number of nitrogens with one attached hydrogen (secondary N) is 2. The maximum atomic E-state index is 11.7. The third kappa shape index (κ3) is 12.5. The summed E-state index contributed by atoms with van der Waals surface area (Å²) in [6.07, 6.45) is 2.81. The van der Waals surface area contributed by atoms with E-state index in [0.717, 1.165) is 29.0 Å². The molecule has 0 saturated carbocycles. The van der Waals surface area contributed by atoms with Gasteiger partial charge in [-0.25, -0.2) is 14.6 Å². The summed E-state index contributed by atoms with van der Waals surface area (Å²) >= 11 is 1.30. The highest BCUT2D eigenvalue weighted by Gasteiger charge is 2.17. The van der Waals surface area contributed by atoms with Crippen LogP contribution in [0.3, 0.4) is 0 Å². The minimum Gasteiger partial charge on any atom is -0.497 e. The average Bonchev–Trinajstić information content (AvgIpc) is 3.03. The van der Waals surface area contributed by atoms with E-state index in [1.54, 1.807) is 40.4 Å². The van der Waals surface area contributed by atoms with Gasteiger partial charge in [0.05, 0.1) is 38.8 Å². The number of hydrogen-bond donors (Lipinski definition) is 3. The highest BCUT2D eigenvalue weighted by atomic mass is 32.2. The van der Waals surface area contributed by atoms with Crippen LogP contribution in [-0.2, 0) is 32.2 Å². The van der Waals surface area contributed by atoms with Gasteiger partial charge in [0.15, 0.2) is 17.0 Å². The molecule has 2 aromatic carbocycles. The van der Waals surface area contributed by atoms with E-state index in [9.17, 15) is 9.59 Å². The molecule has 0 radical (unpaired) electrons. The van der Waals surface area contributed by atoms with Gasteiger partial charge < -0.3 is 35.3 Å². The molecule has 13 heteroatoms. The Balaban J connectivity index is 0.000000430. The molecule has 0 fully saturated rings. The van der Waals surface area contributed by atoms with Crippen molar-refractivity contribution in [1.29, 1.82) is 10.5 Å². The molecule has 0 atom stereocenters. The summed E-state index contributed by atoms with van der Waals surface area (Å²) in [6, 6.07) is 18.5. The number of hydrogen-bond acceptors (Lipinski definition) is 12. The number of thioether (sulfide) groups is 1. The molecule has 4 N–H and O–H groups in total. The maximum Gasteiger partial charge on any atom is 0.352 e. The molecule has 0 aliphatic rings. The second-order valence-electron chi connectivity index (χ2n) is 7.98. The van der Waals surface area contributed by atoms with E-state index in [1.807, 2.05) is 54.6 Å². The van der Waals surface area contributed by atoms with Crippen molar-refractivity contribution >= 4 is 30.0 Å².